The van der Waals surface area contributed by atoms with Crippen LogP contribution in [0.25, 0.3) is 0 Å². The lowest BCUT2D eigenvalue weighted by molar-refractivity contribution is 0.0984. The molecule has 1 saturated carbocycles. The fraction of sp³-hybridized carbons (Fsp3) is 0.417. The number of carbonyl (C=O) groups is 1. The van der Waals surface area contributed by atoms with Crippen LogP contribution >= 0.6 is 11.6 Å². The van der Waals surface area contributed by atoms with Crippen molar-refractivity contribution in [3.63, 3.8) is 0 Å². The topological polar surface area (TPSA) is 40.9 Å². The first-order valence-electron chi connectivity index (χ1n) is 9.82. The second-order valence-electron chi connectivity index (χ2n) is 7.77. The van der Waals surface area contributed by atoms with Gasteiger partial charge in [-0.05, 0) is 66.7 Å². The summed E-state index contributed by atoms with van der Waals surface area (Å²) in [5.41, 5.74) is 3.38. The van der Waals surface area contributed by atoms with Gasteiger partial charge >= 0.3 is 0 Å². The number of benzene rings is 2. The fourth-order valence-corrected chi connectivity index (χ4v) is 4.49. The summed E-state index contributed by atoms with van der Waals surface area (Å²) < 4.78 is 0. The number of carbonyl (C=O) groups excluding carboxylic acids is 1. The number of rotatable bonds is 7. The van der Waals surface area contributed by atoms with Crippen LogP contribution in [0.1, 0.15) is 78.8 Å². The van der Waals surface area contributed by atoms with Gasteiger partial charge in [-0.15, -0.1) is 0 Å². The van der Waals surface area contributed by atoms with Crippen LogP contribution in [0.4, 0.5) is 0 Å². The largest absolute Gasteiger partial charge is 0.294 e. The summed E-state index contributed by atoms with van der Waals surface area (Å²) in [5.74, 6) is 1.90. The zero-order valence-electron chi connectivity index (χ0n) is 15.8. The summed E-state index contributed by atoms with van der Waals surface area (Å²) in [6, 6.07) is 18.3. The molecule has 2 nitrogen and oxygen atoms in total. The van der Waals surface area contributed by atoms with E-state index in [1.807, 2.05) is 30.3 Å². The van der Waals surface area contributed by atoms with Gasteiger partial charge in [-0.1, -0.05) is 54.9 Å². The summed E-state index contributed by atoms with van der Waals surface area (Å²) in [6.45, 7) is 2.29. The number of hydrogen-bond donors (Lipinski definition) is 0. The predicted molar refractivity (Wildman–Crippen MR) is 110 cm³/mol. The third-order valence-corrected chi connectivity index (χ3v) is 6.05. The molecule has 0 N–H and O–H groups in total. The first kappa shape index (κ1) is 19.6. The van der Waals surface area contributed by atoms with Crippen LogP contribution < -0.4 is 0 Å². The van der Waals surface area contributed by atoms with Crippen LogP contribution in [0.3, 0.4) is 0 Å². The molecule has 0 aromatic heterocycles. The highest BCUT2D eigenvalue weighted by Crippen LogP contribution is 2.42. The maximum absolute atomic E-state index is 12.0. The summed E-state index contributed by atoms with van der Waals surface area (Å²) >= 11 is 6.13. The Morgan fingerprint density at radius 2 is 2.00 bits per heavy atom. The average molecular weight is 380 g/mol. The standard InChI is InChI=1S/C24H26ClNO/c1-17(21-4-2-5-23(25)16-21)14-18-7-8-22(15-18)19-9-11-20(12-10-19)24(27)6-3-13-26/h2,4-5,9-12,16-18,22H,3,6-8,14-15H2,1H3/t17-,18?,22-/m0/s1. The molecule has 0 bridgehead atoms. The van der Waals surface area contributed by atoms with Crippen molar-refractivity contribution in [2.45, 2.75) is 57.3 Å². The van der Waals surface area contributed by atoms with E-state index in [1.165, 1.54) is 36.8 Å². The zero-order chi connectivity index (χ0) is 19.2. The van der Waals surface area contributed by atoms with Crippen molar-refractivity contribution >= 4 is 17.4 Å². The average Bonchev–Trinajstić information content (AvgIpc) is 3.14. The SMILES string of the molecule is C[C@@H](CC1CC[C@H](c2ccc(C(=O)CCC#N)cc2)C1)c1cccc(Cl)c1. The van der Waals surface area contributed by atoms with Crippen LogP contribution in [0, 0.1) is 17.2 Å². The van der Waals surface area contributed by atoms with E-state index in [9.17, 15) is 4.79 Å². The monoisotopic (exact) mass is 379 g/mol. The third kappa shape index (κ3) is 5.21. The van der Waals surface area contributed by atoms with Crippen LogP contribution in [-0.2, 0) is 0 Å². The Balaban J connectivity index is 1.56. The fourth-order valence-electron chi connectivity index (χ4n) is 4.30. The number of nitrogens with zero attached hydrogens (tertiary/aromatic N) is 1. The van der Waals surface area contributed by atoms with Gasteiger partial charge < -0.3 is 0 Å². The lowest BCUT2D eigenvalue weighted by Gasteiger charge is -2.18. The molecule has 0 aliphatic heterocycles. The van der Waals surface area contributed by atoms with Crippen molar-refractivity contribution in [3.05, 3.63) is 70.2 Å². The van der Waals surface area contributed by atoms with E-state index >= 15 is 0 Å². The van der Waals surface area contributed by atoms with E-state index in [1.54, 1.807) is 0 Å². The van der Waals surface area contributed by atoms with E-state index in [0.29, 0.717) is 18.3 Å². The van der Waals surface area contributed by atoms with Crippen LogP contribution in [0.5, 0.6) is 0 Å². The molecular formula is C24H26ClNO. The normalized spacial score (nSPS) is 20.2. The second kappa shape index (κ2) is 9.20. The Morgan fingerprint density at radius 3 is 2.70 bits per heavy atom. The summed E-state index contributed by atoms with van der Waals surface area (Å²) in [5, 5.41) is 9.43. The van der Waals surface area contributed by atoms with E-state index < -0.39 is 0 Å². The predicted octanol–water partition coefficient (Wildman–Crippen LogP) is 6.90. The first-order chi connectivity index (χ1) is 13.1. The minimum absolute atomic E-state index is 0.0581. The number of hydrogen-bond acceptors (Lipinski definition) is 2. The number of nitriles is 1. The Hall–Kier alpha value is -2.11. The molecule has 27 heavy (non-hydrogen) atoms. The molecule has 1 fully saturated rings. The van der Waals surface area contributed by atoms with Crippen molar-refractivity contribution in [1.29, 1.82) is 5.26 Å². The van der Waals surface area contributed by atoms with Gasteiger partial charge in [0.05, 0.1) is 6.07 Å². The second-order valence-corrected chi connectivity index (χ2v) is 8.21. The highest BCUT2D eigenvalue weighted by atomic mass is 35.5. The van der Waals surface area contributed by atoms with E-state index in [2.05, 4.69) is 31.2 Å². The first-order valence-corrected chi connectivity index (χ1v) is 10.2. The Labute approximate surface area is 167 Å². The van der Waals surface area contributed by atoms with Crippen molar-refractivity contribution in [1.82, 2.24) is 0 Å². The minimum atomic E-state index is 0.0581. The van der Waals surface area contributed by atoms with Crippen molar-refractivity contribution in [3.8, 4) is 6.07 Å². The minimum Gasteiger partial charge on any atom is -0.294 e. The summed E-state index contributed by atoms with van der Waals surface area (Å²) in [6.07, 6.45) is 5.49. The highest BCUT2D eigenvalue weighted by molar-refractivity contribution is 6.30. The molecule has 3 heteroatoms. The van der Waals surface area contributed by atoms with Crippen LogP contribution in [-0.4, -0.2) is 5.78 Å². The molecule has 1 unspecified atom stereocenters. The lowest BCUT2D eigenvalue weighted by atomic mass is 9.88. The Morgan fingerprint density at radius 1 is 1.22 bits per heavy atom. The van der Waals surface area contributed by atoms with Gasteiger partial charge in [0, 0.05) is 23.4 Å². The maximum Gasteiger partial charge on any atom is 0.163 e. The number of ketones is 1. The molecule has 0 amide bonds. The molecule has 0 spiro atoms. The third-order valence-electron chi connectivity index (χ3n) is 5.81. The summed E-state index contributed by atoms with van der Waals surface area (Å²) in [7, 11) is 0. The molecule has 2 aromatic carbocycles. The van der Waals surface area contributed by atoms with Gasteiger partial charge in [-0.3, -0.25) is 4.79 Å². The van der Waals surface area contributed by atoms with Crippen molar-refractivity contribution in [2.24, 2.45) is 5.92 Å². The van der Waals surface area contributed by atoms with E-state index in [0.717, 1.165) is 16.5 Å². The molecule has 0 heterocycles. The van der Waals surface area contributed by atoms with Gasteiger partial charge in [0.1, 0.15) is 0 Å². The molecule has 3 atom stereocenters. The van der Waals surface area contributed by atoms with E-state index in [-0.39, 0.29) is 12.2 Å². The summed E-state index contributed by atoms with van der Waals surface area (Å²) in [4.78, 5) is 12.0. The molecule has 0 radical (unpaired) electrons. The molecule has 0 saturated heterocycles. The molecule has 1 aliphatic rings. The Bertz CT molecular complexity index is 821. The number of Topliss-reactive ketones (excluding diaryl/α,β-unsaturated/α-hetero) is 1. The zero-order valence-corrected chi connectivity index (χ0v) is 16.6. The lowest BCUT2D eigenvalue weighted by Crippen LogP contribution is -2.03. The highest BCUT2D eigenvalue weighted by Gasteiger charge is 2.27. The van der Waals surface area contributed by atoms with Gasteiger partial charge in [0.25, 0.3) is 0 Å². The van der Waals surface area contributed by atoms with Gasteiger partial charge in [-0.2, -0.15) is 5.26 Å². The van der Waals surface area contributed by atoms with Crippen molar-refractivity contribution < 1.29 is 4.79 Å². The Kier molecular flexibility index (Phi) is 6.69. The van der Waals surface area contributed by atoms with Crippen LogP contribution in [0.2, 0.25) is 5.02 Å². The maximum atomic E-state index is 12.0. The molecule has 1 aliphatic carbocycles. The van der Waals surface area contributed by atoms with Gasteiger partial charge in [-0.25, -0.2) is 0 Å². The molecule has 2 aromatic rings. The quantitative estimate of drug-likeness (QED) is 0.490. The van der Waals surface area contributed by atoms with Gasteiger partial charge in [0.2, 0.25) is 0 Å². The van der Waals surface area contributed by atoms with Gasteiger partial charge in [0.15, 0.2) is 5.78 Å². The molecular weight excluding hydrogens is 354 g/mol. The van der Waals surface area contributed by atoms with Crippen molar-refractivity contribution in [2.75, 3.05) is 0 Å². The molecule has 3 rings (SSSR count). The smallest absolute Gasteiger partial charge is 0.163 e. The number of halogens is 1. The van der Waals surface area contributed by atoms with Crippen LogP contribution in [0.15, 0.2) is 48.5 Å². The molecule has 140 valence electrons. The van der Waals surface area contributed by atoms with E-state index in [4.69, 9.17) is 16.9 Å².